The minimum Gasteiger partial charge on any atom is -0.327 e. The molecule has 7 nitrogen and oxygen atoms in total. The van der Waals surface area contributed by atoms with Gasteiger partial charge in [-0.3, -0.25) is 14.5 Å². The Kier molecular flexibility index (Phi) is 3.54. The minimum absolute atomic E-state index is 0.0248. The van der Waals surface area contributed by atoms with Crippen LogP contribution in [0.15, 0.2) is 23.1 Å². The number of nitrogens with two attached hydrogens (primary N) is 1. The van der Waals surface area contributed by atoms with Gasteiger partial charge in [0.15, 0.2) is 0 Å². The smallest absolute Gasteiger partial charge is 0.261 e. The van der Waals surface area contributed by atoms with E-state index < -0.39 is 21.8 Å². The van der Waals surface area contributed by atoms with Crippen molar-refractivity contribution in [2.45, 2.75) is 23.8 Å². The Morgan fingerprint density at radius 2 is 1.86 bits per heavy atom. The Morgan fingerprint density at radius 3 is 2.55 bits per heavy atom. The monoisotopic (exact) mass is 323 g/mol. The van der Waals surface area contributed by atoms with Crippen LogP contribution in [-0.4, -0.2) is 55.6 Å². The second kappa shape index (κ2) is 5.15. The van der Waals surface area contributed by atoms with Crippen LogP contribution in [0.25, 0.3) is 0 Å². The maximum atomic E-state index is 12.7. The molecule has 0 aromatic heterocycles. The summed E-state index contributed by atoms with van der Waals surface area (Å²) in [5.74, 6) is -0.892. The first-order chi connectivity index (χ1) is 10.3. The summed E-state index contributed by atoms with van der Waals surface area (Å²) in [4.78, 5) is 24.8. The van der Waals surface area contributed by atoms with E-state index >= 15 is 0 Å². The van der Waals surface area contributed by atoms with E-state index in [4.69, 9.17) is 5.73 Å². The molecule has 1 unspecified atom stereocenters. The van der Waals surface area contributed by atoms with Gasteiger partial charge in [-0.2, -0.15) is 4.31 Å². The second-order valence-electron chi connectivity index (χ2n) is 5.64. The van der Waals surface area contributed by atoms with E-state index in [-0.39, 0.29) is 28.6 Å². The molecule has 2 aliphatic heterocycles. The maximum Gasteiger partial charge on any atom is 0.261 e. The lowest BCUT2D eigenvalue weighted by Crippen LogP contribution is -2.45. The van der Waals surface area contributed by atoms with Crippen LogP contribution < -0.4 is 5.73 Å². The Hall–Kier alpha value is -1.77. The predicted octanol–water partition coefficient (Wildman–Crippen LogP) is 0.0242. The zero-order valence-electron chi connectivity index (χ0n) is 12.2. The number of imide groups is 1. The molecule has 0 radical (unpaired) electrons. The number of amides is 2. The zero-order chi connectivity index (χ0) is 16.1. The van der Waals surface area contributed by atoms with Crippen LogP contribution in [0.5, 0.6) is 0 Å². The molecule has 2 aliphatic rings. The number of rotatable bonds is 2. The molecule has 1 atom stereocenters. The molecule has 2 amide bonds. The van der Waals surface area contributed by atoms with Crippen molar-refractivity contribution in [2.75, 3.05) is 20.1 Å². The Balaban J connectivity index is 2.00. The quantitative estimate of drug-likeness (QED) is 0.774. The third-order valence-electron chi connectivity index (χ3n) is 4.12. The lowest BCUT2D eigenvalue weighted by molar-refractivity contribution is 0.0693. The van der Waals surface area contributed by atoms with Gasteiger partial charge in [-0.15, -0.1) is 0 Å². The summed E-state index contributed by atoms with van der Waals surface area (Å²) in [6, 6.07) is 3.88. The first-order valence-corrected chi connectivity index (χ1v) is 8.48. The van der Waals surface area contributed by atoms with Gasteiger partial charge in [0.1, 0.15) is 0 Å². The Morgan fingerprint density at radius 1 is 1.18 bits per heavy atom. The molecule has 2 N–H and O–H groups in total. The number of piperidine rings is 1. The normalized spacial score (nSPS) is 23.0. The molecule has 3 rings (SSSR count). The minimum atomic E-state index is -3.70. The molecule has 1 fully saturated rings. The molecule has 118 valence electrons. The van der Waals surface area contributed by atoms with E-state index in [1.165, 1.54) is 29.6 Å². The lowest BCUT2D eigenvalue weighted by atomic mass is 10.1. The van der Waals surface area contributed by atoms with Gasteiger partial charge in [0, 0.05) is 26.2 Å². The highest BCUT2D eigenvalue weighted by Gasteiger charge is 2.35. The van der Waals surface area contributed by atoms with Crippen molar-refractivity contribution in [1.82, 2.24) is 9.21 Å². The average molecular weight is 323 g/mol. The number of nitrogens with zero attached hydrogens (tertiary/aromatic N) is 2. The molecular formula is C14H17N3O4S. The number of carbonyl (C=O) groups excluding carboxylic acids is 2. The van der Waals surface area contributed by atoms with Crippen molar-refractivity contribution in [3.05, 3.63) is 29.3 Å². The molecule has 0 bridgehead atoms. The summed E-state index contributed by atoms with van der Waals surface area (Å²) in [7, 11) is -2.33. The summed E-state index contributed by atoms with van der Waals surface area (Å²) in [5.41, 5.74) is 6.21. The molecule has 0 spiro atoms. The van der Waals surface area contributed by atoms with Gasteiger partial charge in [0.25, 0.3) is 11.8 Å². The van der Waals surface area contributed by atoms with Crippen LogP contribution in [0.3, 0.4) is 0 Å². The van der Waals surface area contributed by atoms with Crippen LogP contribution in [0.2, 0.25) is 0 Å². The van der Waals surface area contributed by atoms with E-state index in [1.54, 1.807) is 0 Å². The van der Waals surface area contributed by atoms with Gasteiger partial charge in [-0.05, 0) is 31.0 Å². The molecule has 1 aromatic rings. The van der Waals surface area contributed by atoms with Gasteiger partial charge in [-0.1, -0.05) is 0 Å². The predicted molar refractivity (Wildman–Crippen MR) is 78.8 cm³/mol. The number of sulfonamides is 1. The fourth-order valence-electron chi connectivity index (χ4n) is 2.84. The van der Waals surface area contributed by atoms with Gasteiger partial charge in [0.2, 0.25) is 10.0 Å². The Labute approximate surface area is 128 Å². The summed E-state index contributed by atoms with van der Waals surface area (Å²) in [6.45, 7) is 0.687. The molecule has 1 saturated heterocycles. The summed E-state index contributed by atoms with van der Waals surface area (Å²) >= 11 is 0. The van der Waals surface area contributed by atoms with Crippen LogP contribution in [-0.2, 0) is 10.0 Å². The third kappa shape index (κ3) is 2.23. The summed E-state index contributed by atoms with van der Waals surface area (Å²) in [6.07, 6.45) is 1.51. The van der Waals surface area contributed by atoms with Crippen molar-refractivity contribution in [1.29, 1.82) is 0 Å². The standard InChI is InChI=1S/C14H17N3O4S/c1-16-13(18)11-5-4-10(7-12(11)14(16)19)22(20,21)17-6-2-3-9(15)8-17/h4-5,7,9H,2-3,6,8,15H2,1H3. The fourth-order valence-corrected chi connectivity index (χ4v) is 4.40. The van der Waals surface area contributed by atoms with Gasteiger partial charge in [0.05, 0.1) is 16.0 Å². The Bertz CT molecular complexity index is 759. The van der Waals surface area contributed by atoms with Crippen LogP contribution in [0, 0.1) is 0 Å². The van der Waals surface area contributed by atoms with E-state index in [1.807, 2.05) is 0 Å². The molecule has 22 heavy (non-hydrogen) atoms. The van der Waals surface area contributed by atoms with Crippen molar-refractivity contribution in [3.63, 3.8) is 0 Å². The first-order valence-electron chi connectivity index (χ1n) is 7.04. The first kappa shape index (κ1) is 15.1. The van der Waals surface area contributed by atoms with Crippen molar-refractivity contribution in [2.24, 2.45) is 5.73 Å². The van der Waals surface area contributed by atoms with Crippen LogP contribution in [0.1, 0.15) is 33.6 Å². The molecule has 0 aliphatic carbocycles. The fraction of sp³-hybridized carbons (Fsp3) is 0.429. The highest BCUT2D eigenvalue weighted by molar-refractivity contribution is 7.89. The van der Waals surface area contributed by atoms with Crippen LogP contribution in [0.4, 0.5) is 0 Å². The van der Waals surface area contributed by atoms with Crippen molar-refractivity contribution < 1.29 is 18.0 Å². The third-order valence-corrected chi connectivity index (χ3v) is 5.98. The van der Waals surface area contributed by atoms with Gasteiger partial charge in [-0.25, -0.2) is 8.42 Å². The summed E-state index contributed by atoms with van der Waals surface area (Å²) < 4.78 is 26.7. The number of hydrogen-bond donors (Lipinski definition) is 1. The van der Waals surface area contributed by atoms with Gasteiger partial charge < -0.3 is 5.73 Å². The van der Waals surface area contributed by atoms with E-state index in [0.717, 1.165) is 11.3 Å². The summed E-state index contributed by atoms with van der Waals surface area (Å²) in [5, 5.41) is 0. The number of carbonyl (C=O) groups is 2. The zero-order valence-corrected chi connectivity index (χ0v) is 13.0. The highest BCUT2D eigenvalue weighted by Crippen LogP contribution is 2.27. The number of benzene rings is 1. The topological polar surface area (TPSA) is 101 Å². The van der Waals surface area contributed by atoms with Gasteiger partial charge >= 0.3 is 0 Å². The molecule has 1 aromatic carbocycles. The SMILES string of the molecule is CN1C(=O)c2ccc(S(=O)(=O)N3CCCC(N)C3)cc2C1=O. The molecule has 0 saturated carbocycles. The highest BCUT2D eigenvalue weighted by atomic mass is 32.2. The van der Waals surface area contributed by atoms with E-state index in [9.17, 15) is 18.0 Å². The van der Waals surface area contributed by atoms with E-state index in [2.05, 4.69) is 0 Å². The van der Waals surface area contributed by atoms with Crippen molar-refractivity contribution in [3.8, 4) is 0 Å². The molecule has 8 heteroatoms. The second-order valence-corrected chi connectivity index (χ2v) is 7.58. The van der Waals surface area contributed by atoms with Crippen molar-refractivity contribution >= 4 is 21.8 Å². The lowest BCUT2D eigenvalue weighted by Gasteiger charge is -2.29. The number of fused-ring (bicyclic) bond motifs is 1. The largest absolute Gasteiger partial charge is 0.327 e. The molecular weight excluding hydrogens is 306 g/mol. The van der Waals surface area contributed by atoms with Crippen LogP contribution >= 0.6 is 0 Å². The molecule has 2 heterocycles. The van der Waals surface area contributed by atoms with E-state index in [0.29, 0.717) is 13.0 Å². The number of hydrogen-bond acceptors (Lipinski definition) is 5. The maximum absolute atomic E-state index is 12.7. The average Bonchev–Trinajstić information content (AvgIpc) is 2.72.